The molecule has 1 N–H and O–H groups in total. The lowest BCUT2D eigenvalue weighted by molar-refractivity contribution is -0.116. The summed E-state index contributed by atoms with van der Waals surface area (Å²) in [7, 11) is 0. The number of carbonyl (C=O) groups is 2. The lowest BCUT2D eigenvalue weighted by atomic mass is 10.1. The molecule has 1 aliphatic rings. The van der Waals surface area contributed by atoms with E-state index in [1.807, 2.05) is 29.6 Å². The minimum atomic E-state index is -0.140. The first-order chi connectivity index (χ1) is 10.2. The van der Waals surface area contributed by atoms with Gasteiger partial charge in [-0.25, -0.2) is 0 Å². The molecule has 1 amide bonds. The van der Waals surface area contributed by atoms with Crippen LogP contribution in [0.2, 0.25) is 0 Å². The Morgan fingerprint density at radius 2 is 2.14 bits per heavy atom. The van der Waals surface area contributed by atoms with Crippen LogP contribution in [0.1, 0.15) is 28.1 Å². The number of ketones is 1. The van der Waals surface area contributed by atoms with E-state index in [1.165, 1.54) is 11.3 Å². The maximum Gasteiger partial charge on any atom is 0.224 e. The van der Waals surface area contributed by atoms with Crippen molar-refractivity contribution in [3.63, 3.8) is 0 Å². The van der Waals surface area contributed by atoms with Gasteiger partial charge < -0.3 is 10.1 Å². The molecular formula is C16H15NO3S. The van der Waals surface area contributed by atoms with Gasteiger partial charge in [0.2, 0.25) is 5.91 Å². The fourth-order valence-corrected chi connectivity index (χ4v) is 2.97. The number of Topliss-reactive ketones (excluding diaryl/α,β-unsaturated/α-hetero) is 1. The molecule has 0 spiro atoms. The topological polar surface area (TPSA) is 55.4 Å². The van der Waals surface area contributed by atoms with E-state index < -0.39 is 0 Å². The Morgan fingerprint density at radius 3 is 2.95 bits per heavy atom. The van der Waals surface area contributed by atoms with E-state index in [9.17, 15) is 9.59 Å². The summed E-state index contributed by atoms with van der Waals surface area (Å²) >= 11 is 1.41. The fourth-order valence-electron chi connectivity index (χ4n) is 2.28. The van der Waals surface area contributed by atoms with Crippen molar-refractivity contribution in [2.24, 2.45) is 0 Å². The van der Waals surface area contributed by atoms with Crippen LogP contribution in [-0.2, 0) is 11.2 Å². The van der Waals surface area contributed by atoms with E-state index in [2.05, 4.69) is 5.32 Å². The minimum Gasteiger partial charge on any atom is -0.493 e. The van der Waals surface area contributed by atoms with Gasteiger partial charge >= 0.3 is 0 Å². The highest BCUT2D eigenvalue weighted by atomic mass is 32.1. The molecule has 0 fully saturated rings. The molecule has 1 aromatic heterocycles. The van der Waals surface area contributed by atoms with Gasteiger partial charge in [0.1, 0.15) is 5.75 Å². The molecule has 1 aromatic carbocycles. The van der Waals surface area contributed by atoms with Gasteiger partial charge in [0.15, 0.2) is 5.78 Å². The van der Waals surface area contributed by atoms with Gasteiger partial charge in [-0.2, -0.15) is 0 Å². The van der Waals surface area contributed by atoms with Crippen LogP contribution >= 0.6 is 11.3 Å². The predicted octanol–water partition coefficient (Wildman–Crippen LogP) is 3.28. The van der Waals surface area contributed by atoms with Gasteiger partial charge in [-0.15, -0.1) is 11.3 Å². The smallest absolute Gasteiger partial charge is 0.224 e. The maximum absolute atomic E-state index is 11.9. The van der Waals surface area contributed by atoms with Gasteiger partial charge in [0.05, 0.1) is 11.5 Å². The zero-order chi connectivity index (χ0) is 14.7. The number of ether oxygens (including phenoxy) is 1. The second-order valence-corrected chi connectivity index (χ2v) is 5.82. The largest absolute Gasteiger partial charge is 0.493 e. The van der Waals surface area contributed by atoms with Crippen molar-refractivity contribution in [1.82, 2.24) is 0 Å². The van der Waals surface area contributed by atoms with Gasteiger partial charge in [-0.3, -0.25) is 9.59 Å². The molecule has 4 nitrogen and oxygen atoms in total. The van der Waals surface area contributed by atoms with Crippen molar-refractivity contribution in [1.29, 1.82) is 0 Å². The number of benzene rings is 1. The van der Waals surface area contributed by atoms with Crippen molar-refractivity contribution in [2.45, 2.75) is 19.3 Å². The Hall–Kier alpha value is -2.14. The van der Waals surface area contributed by atoms with Crippen LogP contribution in [0, 0.1) is 0 Å². The van der Waals surface area contributed by atoms with E-state index in [-0.39, 0.29) is 24.5 Å². The highest BCUT2D eigenvalue weighted by Crippen LogP contribution is 2.27. The van der Waals surface area contributed by atoms with Crippen molar-refractivity contribution in [3.8, 4) is 5.75 Å². The Kier molecular flexibility index (Phi) is 4.01. The predicted molar refractivity (Wildman–Crippen MR) is 82.2 cm³/mol. The molecule has 3 rings (SSSR count). The van der Waals surface area contributed by atoms with Crippen LogP contribution in [0.25, 0.3) is 0 Å². The van der Waals surface area contributed by atoms with Crippen molar-refractivity contribution in [2.75, 3.05) is 11.9 Å². The summed E-state index contributed by atoms with van der Waals surface area (Å²) in [5.74, 6) is 0.766. The second-order valence-electron chi connectivity index (χ2n) is 4.87. The lowest BCUT2D eigenvalue weighted by Gasteiger charge is -2.06. The summed E-state index contributed by atoms with van der Waals surface area (Å²) in [5, 5.41) is 4.69. The van der Waals surface area contributed by atoms with Crippen LogP contribution in [0.5, 0.6) is 5.75 Å². The number of fused-ring (bicyclic) bond motifs is 1. The molecule has 0 saturated heterocycles. The quantitative estimate of drug-likeness (QED) is 0.862. The summed E-state index contributed by atoms with van der Waals surface area (Å²) in [5.41, 5.74) is 1.87. The number of amides is 1. The fraction of sp³-hybridized carbons (Fsp3) is 0.250. The Labute approximate surface area is 126 Å². The van der Waals surface area contributed by atoms with E-state index in [1.54, 1.807) is 6.07 Å². The third kappa shape index (κ3) is 3.31. The van der Waals surface area contributed by atoms with Crippen molar-refractivity contribution < 1.29 is 14.3 Å². The third-order valence-electron chi connectivity index (χ3n) is 3.35. The zero-order valence-electron chi connectivity index (χ0n) is 11.4. The Morgan fingerprint density at radius 1 is 1.24 bits per heavy atom. The molecule has 0 atom stereocenters. The van der Waals surface area contributed by atoms with Crippen LogP contribution in [0.4, 0.5) is 5.69 Å². The SMILES string of the molecule is O=C(CCC(=O)c1cccs1)Nc1ccc2c(c1)CCO2. The molecule has 21 heavy (non-hydrogen) atoms. The van der Waals surface area contributed by atoms with Crippen molar-refractivity contribution >= 4 is 28.7 Å². The summed E-state index contributed by atoms with van der Waals surface area (Å²) in [6.07, 6.45) is 1.31. The number of carbonyl (C=O) groups excluding carboxylic acids is 2. The lowest BCUT2D eigenvalue weighted by Crippen LogP contribution is -2.13. The number of hydrogen-bond donors (Lipinski definition) is 1. The molecule has 1 aliphatic heterocycles. The average Bonchev–Trinajstić information content (AvgIpc) is 3.15. The van der Waals surface area contributed by atoms with Gasteiger partial charge in [0.25, 0.3) is 0 Å². The molecular weight excluding hydrogens is 286 g/mol. The molecule has 0 aliphatic carbocycles. The molecule has 0 bridgehead atoms. The van der Waals surface area contributed by atoms with Gasteiger partial charge in [-0.05, 0) is 35.2 Å². The number of thiophene rings is 1. The first-order valence-corrected chi connectivity index (χ1v) is 7.72. The number of rotatable bonds is 5. The normalized spacial score (nSPS) is 12.6. The number of nitrogens with one attached hydrogen (secondary N) is 1. The molecule has 0 saturated carbocycles. The standard InChI is InChI=1S/C16H15NO3S/c18-13(15-2-1-9-21-15)4-6-16(19)17-12-3-5-14-11(10-12)7-8-20-14/h1-3,5,9-10H,4,6-8H2,(H,17,19). The first-order valence-electron chi connectivity index (χ1n) is 6.84. The highest BCUT2D eigenvalue weighted by molar-refractivity contribution is 7.12. The summed E-state index contributed by atoms with van der Waals surface area (Å²) < 4.78 is 5.42. The van der Waals surface area contributed by atoms with Crippen LogP contribution < -0.4 is 10.1 Å². The molecule has 5 heteroatoms. The maximum atomic E-state index is 11.9. The summed E-state index contributed by atoms with van der Waals surface area (Å²) in [6, 6.07) is 9.25. The number of hydrogen-bond acceptors (Lipinski definition) is 4. The van der Waals surface area contributed by atoms with E-state index in [4.69, 9.17) is 4.74 Å². The molecule has 108 valence electrons. The zero-order valence-corrected chi connectivity index (χ0v) is 12.2. The van der Waals surface area contributed by atoms with E-state index >= 15 is 0 Å². The summed E-state index contributed by atoms with van der Waals surface area (Å²) in [4.78, 5) is 24.4. The van der Waals surface area contributed by atoms with Crippen molar-refractivity contribution in [3.05, 3.63) is 46.2 Å². The number of anilines is 1. The summed E-state index contributed by atoms with van der Waals surface area (Å²) in [6.45, 7) is 0.696. The highest BCUT2D eigenvalue weighted by Gasteiger charge is 2.14. The average molecular weight is 301 g/mol. The first kappa shape index (κ1) is 13.8. The van der Waals surface area contributed by atoms with Gasteiger partial charge in [-0.1, -0.05) is 6.07 Å². The molecule has 0 unspecified atom stereocenters. The third-order valence-corrected chi connectivity index (χ3v) is 4.26. The minimum absolute atomic E-state index is 0.0162. The van der Waals surface area contributed by atoms with Crippen LogP contribution in [0.15, 0.2) is 35.7 Å². The Balaban J connectivity index is 1.53. The van der Waals surface area contributed by atoms with E-state index in [0.29, 0.717) is 11.5 Å². The van der Waals surface area contributed by atoms with E-state index in [0.717, 1.165) is 23.4 Å². The monoisotopic (exact) mass is 301 g/mol. The van der Waals surface area contributed by atoms with Crippen LogP contribution in [0.3, 0.4) is 0 Å². The Bertz CT molecular complexity index is 664. The molecule has 2 heterocycles. The molecule has 0 radical (unpaired) electrons. The molecule has 2 aromatic rings. The van der Waals surface area contributed by atoms with Gasteiger partial charge in [0, 0.05) is 24.9 Å². The van der Waals surface area contributed by atoms with Crippen LogP contribution in [-0.4, -0.2) is 18.3 Å². The second kappa shape index (κ2) is 6.10.